The van der Waals surface area contributed by atoms with Gasteiger partial charge in [-0.3, -0.25) is 0 Å². The van der Waals surface area contributed by atoms with Crippen molar-refractivity contribution in [3.63, 3.8) is 0 Å². The van der Waals surface area contributed by atoms with E-state index in [9.17, 15) is 35.1 Å². The third-order valence-electron chi connectivity index (χ3n) is 1.81. The van der Waals surface area contributed by atoms with Crippen LogP contribution in [0.3, 0.4) is 0 Å². The fourth-order valence-electron chi connectivity index (χ4n) is 1.13. The van der Waals surface area contributed by atoms with Gasteiger partial charge in [0.05, 0.1) is 5.57 Å². The van der Waals surface area contributed by atoms with Gasteiger partial charge >= 0.3 is 18.0 Å². The highest BCUT2D eigenvalue weighted by atomic mass is 19.4. The first-order valence-corrected chi connectivity index (χ1v) is 3.19. The molecule has 0 saturated carbocycles. The molecule has 1 aliphatic carbocycles. The van der Waals surface area contributed by atoms with Crippen LogP contribution in [0.15, 0.2) is 11.1 Å². The highest BCUT2D eigenvalue weighted by molar-refractivity contribution is 5.46. The Kier molecular flexibility index (Phi) is 2.09. The number of halogens is 8. The van der Waals surface area contributed by atoms with E-state index in [1.807, 2.05) is 0 Å². The molecular weight excluding hydrogens is 224 g/mol. The molecule has 0 fully saturated rings. The molecule has 14 heavy (non-hydrogen) atoms. The van der Waals surface area contributed by atoms with Crippen LogP contribution in [0.1, 0.15) is 0 Å². The minimum Gasteiger partial charge on any atom is -0.246 e. The highest BCUT2D eigenvalue weighted by Gasteiger charge is 2.76. The van der Waals surface area contributed by atoms with Crippen molar-refractivity contribution in [1.82, 2.24) is 0 Å². The maximum absolute atomic E-state index is 12.2. The smallest absolute Gasteiger partial charge is 0.246 e. The first kappa shape index (κ1) is 11.3. The summed E-state index contributed by atoms with van der Waals surface area (Å²) in [5, 5.41) is 0. The molecule has 8 heteroatoms. The number of allylic oxidation sites excluding steroid dienone is 2. The Morgan fingerprint density at radius 3 is 1.57 bits per heavy atom. The van der Waals surface area contributed by atoms with Gasteiger partial charge in [0.25, 0.3) is 0 Å². The SMILES string of the molecule is FCC1=C(C(F)(F)F)C(F)(F)C1(F)F. The first-order chi connectivity index (χ1) is 6.06. The van der Waals surface area contributed by atoms with E-state index >= 15 is 0 Å². The fourth-order valence-corrected chi connectivity index (χ4v) is 1.13. The summed E-state index contributed by atoms with van der Waals surface area (Å²) in [7, 11) is 0. The second-order valence-electron chi connectivity index (χ2n) is 2.63. The van der Waals surface area contributed by atoms with Gasteiger partial charge in [-0.15, -0.1) is 0 Å². The molecule has 0 saturated heterocycles. The molecule has 0 unspecified atom stereocenters. The summed E-state index contributed by atoms with van der Waals surface area (Å²) >= 11 is 0. The molecule has 1 aliphatic rings. The van der Waals surface area contributed by atoms with E-state index in [-0.39, 0.29) is 0 Å². The molecule has 0 radical (unpaired) electrons. The number of hydrogen-bond acceptors (Lipinski definition) is 0. The van der Waals surface area contributed by atoms with Gasteiger partial charge in [0.1, 0.15) is 12.2 Å². The summed E-state index contributed by atoms with van der Waals surface area (Å²) in [6.45, 7) is -2.24. The van der Waals surface area contributed by atoms with Gasteiger partial charge in [-0.05, 0) is 0 Å². The highest BCUT2D eigenvalue weighted by Crippen LogP contribution is 2.60. The first-order valence-electron chi connectivity index (χ1n) is 3.19. The molecule has 0 aromatic heterocycles. The van der Waals surface area contributed by atoms with E-state index < -0.39 is 35.8 Å². The average molecular weight is 226 g/mol. The van der Waals surface area contributed by atoms with E-state index in [0.29, 0.717) is 0 Å². The lowest BCUT2D eigenvalue weighted by atomic mass is 9.80. The van der Waals surface area contributed by atoms with E-state index in [4.69, 9.17) is 0 Å². The maximum Gasteiger partial charge on any atom is 0.418 e. The van der Waals surface area contributed by atoms with Gasteiger partial charge in [0.2, 0.25) is 0 Å². The topological polar surface area (TPSA) is 0 Å². The minimum atomic E-state index is -5.63. The van der Waals surface area contributed by atoms with Crippen LogP contribution in [0, 0.1) is 0 Å². The van der Waals surface area contributed by atoms with E-state index in [1.54, 1.807) is 0 Å². The molecule has 82 valence electrons. The van der Waals surface area contributed by atoms with Crippen molar-refractivity contribution >= 4 is 0 Å². The molecule has 0 N–H and O–H groups in total. The zero-order chi connectivity index (χ0) is 11.4. The third-order valence-corrected chi connectivity index (χ3v) is 1.81. The molecule has 0 nitrogen and oxygen atoms in total. The largest absolute Gasteiger partial charge is 0.418 e. The Hall–Kier alpha value is -0.820. The van der Waals surface area contributed by atoms with E-state index in [0.717, 1.165) is 0 Å². The lowest BCUT2D eigenvalue weighted by Gasteiger charge is -2.40. The zero-order valence-corrected chi connectivity index (χ0v) is 6.23. The number of alkyl halides is 8. The normalized spacial score (nSPS) is 24.9. The van der Waals surface area contributed by atoms with Crippen molar-refractivity contribution in [3.05, 3.63) is 11.1 Å². The molecule has 1 rings (SSSR count). The van der Waals surface area contributed by atoms with Crippen LogP contribution < -0.4 is 0 Å². The molecule has 0 aromatic rings. The summed E-state index contributed by atoms with van der Waals surface area (Å²) in [4.78, 5) is 0. The van der Waals surface area contributed by atoms with Crippen molar-refractivity contribution in [1.29, 1.82) is 0 Å². The quantitative estimate of drug-likeness (QED) is 0.476. The average Bonchev–Trinajstić information content (AvgIpc) is 1.95. The molecule has 0 atom stereocenters. The van der Waals surface area contributed by atoms with Crippen molar-refractivity contribution in [2.75, 3.05) is 6.67 Å². The Morgan fingerprint density at radius 1 is 0.929 bits per heavy atom. The standard InChI is InChI=1S/C6H2F8/c7-1-2-3(6(12,13)14)5(10,11)4(2,8)9/h1H2. The minimum absolute atomic E-state index is 2.19. The van der Waals surface area contributed by atoms with Crippen molar-refractivity contribution in [3.8, 4) is 0 Å². The molecule has 0 aliphatic heterocycles. The van der Waals surface area contributed by atoms with Crippen LogP contribution >= 0.6 is 0 Å². The molecule has 0 amide bonds. The number of rotatable bonds is 1. The van der Waals surface area contributed by atoms with Gasteiger partial charge in [0.15, 0.2) is 0 Å². The van der Waals surface area contributed by atoms with E-state index in [1.165, 1.54) is 0 Å². The van der Waals surface area contributed by atoms with Crippen molar-refractivity contribution < 1.29 is 35.1 Å². The Labute approximate surface area is 72.2 Å². The summed E-state index contributed by atoms with van der Waals surface area (Å²) in [6.07, 6.45) is -5.63. The monoisotopic (exact) mass is 226 g/mol. The predicted molar refractivity (Wildman–Crippen MR) is 29.0 cm³/mol. The van der Waals surface area contributed by atoms with Gasteiger partial charge in [0, 0.05) is 0 Å². The summed E-state index contributed by atoms with van der Waals surface area (Å²) in [6, 6.07) is 0. The predicted octanol–water partition coefficient (Wildman–Crippen LogP) is 3.10. The van der Waals surface area contributed by atoms with Crippen LogP contribution in [-0.2, 0) is 0 Å². The second kappa shape index (κ2) is 2.60. The van der Waals surface area contributed by atoms with Crippen LogP contribution in [0.2, 0.25) is 0 Å². The van der Waals surface area contributed by atoms with E-state index in [2.05, 4.69) is 0 Å². The van der Waals surface area contributed by atoms with Gasteiger partial charge in [-0.25, -0.2) is 4.39 Å². The summed E-state index contributed by atoms with van der Waals surface area (Å²) < 4.78 is 95.8. The van der Waals surface area contributed by atoms with Crippen molar-refractivity contribution in [2.24, 2.45) is 0 Å². The van der Waals surface area contributed by atoms with Gasteiger partial charge < -0.3 is 0 Å². The van der Waals surface area contributed by atoms with Gasteiger partial charge in [-0.1, -0.05) is 0 Å². The van der Waals surface area contributed by atoms with Crippen LogP contribution in [-0.4, -0.2) is 24.7 Å². The fraction of sp³-hybridized carbons (Fsp3) is 0.667. The van der Waals surface area contributed by atoms with Gasteiger partial charge in [-0.2, -0.15) is 30.7 Å². The molecular formula is C6H2F8. The molecule has 0 spiro atoms. The van der Waals surface area contributed by atoms with Crippen LogP contribution in [0.25, 0.3) is 0 Å². The lowest BCUT2D eigenvalue weighted by Crippen LogP contribution is -2.58. The molecule has 0 aromatic carbocycles. The number of hydrogen-bond donors (Lipinski definition) is 0. The maximum atomic E-state index is 12.2. The lowest BCUT2D eigenvalue weighted by molar-refractivity contribution is -0.236. The van der Waals surface area contributed by atoms with Crippen LogP contribution in [0.5, 0.6) is 0 Å². The summed E-state index contributed by atoms with van der Waals surface area (Å²) in [5.41, 5.74) is -4.95. The molecule has 0 heterocycles. The summed E-state index contributed by atoms with van der Waals surface area (Å²) in [5.74, 6) is -10.4. The Bertz CT molecular complexity index is 283. The molecule has 0 bridgehead atoms. The Balaban J connectivity index is 3.28. The third kappa shape index (κ3) is 1.12. The zero-order valence-electron chi connectivity index (χ0n) is 6.23. The second-order valence-corrected chi connectivity index (χ2v) is 2.63. The van der Waals surface area contributed by atoms with Crippen molar-refractivity contribution in [2.45, 2.75) is 18.0 Å². The van der Waals surface area contributed by atoms with Crippen LogP contribution in [0.4, 0.5) is 35.1 Å². The Morgan fingerprint density at radius 2 is 1.36 bits per heavy atom.